The number of thioether (sulfide) groups is 1. The number of hydrogen-bond donors (Lipinski definition) is 1. The van der Waals surface area contributed by atoms with Crippen LogP contribution in [0.2, 0.25) is 0 Å². The number of hydrogen-bond acceptors (Lipinski definition) is 4. The molecule has 0 spiro atoms. The van der Waals surface area contributed by atoms with Crippen molar-refractivity contribution in [2.24, 2.45) is 0 Å². The van der Waals surface area contributed by atoms with Gasteiger partial charge in [0.25, 0.3) is 10.0 Å². The van der Waals surface area contributed by atoms with Crippen LogP contribution in [0.3, 0.4) is 0 Å². The largest absolute Gasteiger partial charge is 0.495 e. The fourth-order valence-corrected chi connectivity index (χ4v) is 5.85. The number of rotatable bonds is 6. The van der Waals surface area contributed by atoms with Gasteiger partial charge in [-0.15, -0.1) is 13.2 Å². The van der Waals surface area contributed by atoms with Gasteiger partial charge in [-0.1, -0.05) is 54.3 Å². The first-order valence-corrected chi connectivity index (χ1v) is 12.6. The molecular weight excluding hydrogens is 457 g/mol. The molecule has 0 unspecified atom stereocenters. The summed E-state index contributed by atoms with van der Waals surface area (Å²) in [5.41, 5.74) is 1.52. The summed E-state index contributed by atoms with van der Waals surface area (Å²) in [7, 11) is -2.73. The summed E-state index contributed by atoms with van der Waals surface area (Å²) in [5, 5.41) is 1.73. The molecule has 4 nitrogen and oxygen atoms in total. The maximum Gasteiger partial charge on any atom is 0.265 e. The van der Waals surface area contributed by atoms with E-state index in [9.17, 15) is 12.8 Å². The van der Waals surface area contributed by atoms with Gasteiger partial charge >= 0.3 is 0 Å². The molecule has 0 saturated heterocycles. The lowest BCUT2D eigenvalue weighted by molar-refractivity contribution is 0.401. The van der Waals surface area contributed by atoms with Crippen molar-refractivity contribution in [2.45, 2.75) is 29.6 Å². The summed E-state index contributed by atoms with van der Waals surface area (Å²) in [4.78, 5) is 1.84. The second kappa shape index (κ2) is 10.7. The highest BCUT2D eigenvalue weighted by Gasteiger charge is 2.22. The van der Waals surface area contributed by atoms with Crippen molar-refractivity contribution < 1.29 is 17.5 Å². The van der Waals surface area contributed by atoms with Crippen molar-refractivity contribution in [1.82, 2.24) is 0 Å². The van der Waals surface area contributed by atoms with Gasteiger partial charge in [0, 0.05) is 15.2 Å². The molecule has 33 heavy (non-hydrogen) atoms. The number of ether oxygens (including phenoxy) is 1. The molecule has 1 N–H and O–H groups in total. The van der Waals surface area contributed by atoms with Gasteiger partial charge in [-0.2, -0.15) is 0 Å². The number of halogens is 1. The Morgan fingerprint density at radius 2 is 1.79 bits per heavy atom. The standard InChI is InChI=1S/C24H22FNO3S2.C2H4/c1-16-19-10-6-7-11-20(19)21(15-23(16)30-18-8-4-3-5-9-18)26-31(27,28)24-14-17(25)12-13-22(24)29-2;1-2/h4,6-15,26H,3,5H2,1-2H3;1-2H2. The maximum absolute atomic E-state index is 13.8. The van der Waals surface area contributed by atoms with Crippen molar-refractivity contribution in [2.75, 3.05) is 11.8 Å². The third kappa shape index (κ3) is 5.49. The van der Waals surface area contributed by atoms with Crippen molar-refractivity contribution in [1.29, 1.82) is 0 Å². The molecule has 1 aliphatic carbocycles. The zero-order chi connectivity index (χ0) is 24.0. The average molecular weight is 484 g/mol. The molecule has 0 fully saturated rings. The minimum atomic E-state index is -4.09. The molecule has 0 saturated carbocycles. The first-order valence-electron chi connectivity index (χ1n) is 10.3. The smallest absolute Gasteiger partial charge is 0.265 e. The van der Waals surface area contributed by atoms with Gasteiger partial charge in [-0.25, -0.2) is 12.8 Å². The minimum Gasteiger partial charge on any atom is -0.495 e. The third-order valence-electron chi connectivity index (χ3n) is 5.11. The molecule has 0 heterocycles. The highest BCUT2D eigenvalue weighted by molar-refractivity contribution is 8.03. The summed E-state index contributed by atoms with van der Waals surface area (Å²) in [6.07, 6.45) is 8.43. The van der Waals surface area contributed by atoms with E-state index >= 15 is 0 Å². The number of nitrogens with one attached hydrogen (secondary N) is 1. The van der Waals surface area contributed by atoms with Crippen LogP contribution in [-0.4, -0.2) is 15.5 Å². The molecule has 0 atom stereocenters. The van der Waals surface area contributed by atoms with Crippen molar-refractivity contribution in [3.05, 3.63) is 96.2 Å². The highest BCUT2D eigenvalue weighted by atomic mass is 32.2. The molecule has 3 aromatic rings. The van der Waals surface area contributed by atoms with E-state index in [0.717, 1.165) is 45.0 Å². The Morgan fingerprint density at radius 1 is 1.06 bits per heavy atom. The normalized spacial score (nSPS) is 13.1. The van der Waals surface area contributed by atoms with Crippen molar-refractivity contribution in [3.8, 4) is 5.75 Å². The lowest BCUT2D eigenvalue weighted by atomic mass is 10.0. The summed E-state index contributed by atoms with van der Waals surface area (Å²) >= 11 is 1.61. The van der Waals surface area contributed by atoms with Crippen LogP contribution in [-0.2, 0) is 10.0 Å². The number of allylic oxidation sites excluding steroid dienone is 3. The SMILES string of the molecule is C=C.COc1ccc(F)cc1S(=O)(=O)Nc1cc(SC2=CCCC=C2)c(C)c2ccccc12. The molecule has 3 aromatic carbocycles. The Bertz CT molecular complexity index is 1330. The fourth-order valence-electron chi connectivity index (χ4n) is 3.54. The number of benzene rings is 3. The highest BCUT2D eigenvalue weighted by Crippen LogP contribution is 2.40. The summed E-state index contributed by atoms with van der Waals surface area (Å²) in [6, 6.07) is 12.9. The second-order valence-electron chi connectivity index (χ2n) is 7.18. The van der Waals surface area contributed by atoms with Gasteiger partial charge in [0.2, 0.25) is 0 Å². The lowest BCUT2D eigenvalue weighted by Crippen LogP contribution is -2.15. The van der Waals surface area contributed by atoms with Gasteiger partial charge < -0.3 is 4.74 Å². The zero-order valence-electron chi connectivity index (χ0n) is 18.6. The van der Waals surface area contributed by atoms with Gasteiger partial charge in [0.05, 0.1) is 12.8 Å². The lowest BCUT2D eigenvalue weighted by Gasteiger charge is -2.17. The van der Waals surface area contributed by atoms with E-state index in [0.29, 0.717) is 5.69 Å². The Kier molecular flexibility index (Phi) is 8.00. The molecule has 0 radical (unpaired) electrons. The molecule has 0 aromatic heterocycles. The topological polar surface area (TPSA) is 55.4 Å². The predicted octanol–water partition coefficient (Wildman–Crippen LogP) is 7.22. The predicted molar refractivity (Wildman–Crippen MR) is 136 cm³/mol. The number of sulfonamides is 1. The van der Waals surface area contributed by atoms with Crippen LogP contribution in [0, 0.1) is 12.7 Å². The molecule has 4 rings (SSSR count). The minimum absolute atomic E-state index is 0.0809. The quantitative estimate of drug-likeness (QED) is 0.376. The van der Waals surface area contributed by atoms with Crippen LogP contribution >= 0.6 is 11.8 Å². The Hall–Kier alpha value is -3.03. The first-order chi connectivity index (χ1) is 15.9. The number of aryl methyl sites for hydroxylation is 1. The summed E-state index contributed by atoms with van der Waals surface area (Å²) in [6.45, 7) is 8.03. The fraction of sp³-hybridized carbons (Fsp3) is 0.154. The number of fused-ring (bicyclic) bond motifs is 1. The van der Waals surface area contributed by atoms with E-state index in [1.807, 2.05) is 37.3 Å². The van der Waals surface area contributed by atoms with Gasteiger partial charge in [0.15, 0.2) is 0 Å². The van der Waals surface area contributed by atoms with E-state index in [1.54, 1.807) is 11.8 Å². The number of anilines is 1. The van der Waals surface area contributed by atoms with E-state index < -0.39 is 15.8 Å². The van der Waals surface area contributed by atoms with Crippen LogP contribution in [0.5, 0.6) is 5.75 Å². The number of methoxy groups -OCH3 is 1. The molecule has 1 aliphatic rings. The van der Waals surface area contributed by atoms with Crippen LogP contribution in [0.4, 0.5) is 10.1 Å². The third-order valence-corrected chi connectivity index (χ3v) is 7.68. The molecule has 7 heteroatoms. The summed E-state index contributed by atoms with van der Waals surface area (Å²) < 4.78 is 48.0. The van der Waals surface area contributed by atoms with Crippen LogP contribution in [0.25, 0.3) is 10.8 Å². The zero-order valence-corrected chi connectivity index (χ0v) is 20.2. The first kappa shape index (κ1) is 24.6. The summed E-state index contributed by atoms with van der Waals surface area (Å²) in [5.74, 6) is -0.570. The molecule has 0 bridgehead atoms. The molecular formula is C26H26FNO3S2. The van der Waals surface area contributed by atoms with Crippen molar-refractivity contribution in [3.63, 3.8) is 0 Å². The maximum atomic E-state index is 13.8. The van der Waals surface area contributed by atoms with Gasteiger partial charge in [-0.05, 0) is 55.0 Å². The monoisotopic (exact) mass is 483 g/mol. The Balaban J connectivity index is 0.00000149. The Labute approximate surface area is 198 Å². The molecule has 172 valence electrons. The van der Waals surface area contributed by atoms with E-state index in [1.165, 1.54) is 19.2 Å². The Morgan fingerprint density at radius 3 is 2.45 bits per heavy atom. The van der Waals surface area contributed by atoms with Crippen LogP contribution < -0.4 is 9.46 Å². The van der Waals surface area contributed by atoms with E-state index in [-0.39, 0.29) is 10.6 Å². The van der Waals surface area contributed by atoms with Gasteiger partial charge in [0.1, 0.15) is 16.5 Å². The average Bonchev–Trinajstić information content (AvgIpc) is 2.84. The second-order valence-corrected chi connectivity index (χ2v) is 9.95. The van der Waals surface area contributed by atoms with E-state index in [4.69, 9.17) is 4.74 Å². The van der Waals surface area contributed by atoms with E-state index in [2.05, 4.69) is 36.1 Å². The molecule has 0 amide bonds. The van der Waals surface area contributed by atoms with Gasteiger partial charge in [-0.3, -0.25) is 4.72 Å². The van der Waals surface area contributed by atoms with Crippen LogP contribution in [0.15, 0.2) is 94.6 Å². The van der Waals surface area contributed by atoms with Crippen LogP contribution in [0.1, 0.15) is 18.4 Å². The molecule has 0 aliphatic heterocycles. The van der Waals surface area contributed by atoms with Crippen molar-refractivity contribution >= 4 is 38.2 Å².